The summed E-state index contributed by atoms with van der Waals surface area (Å²) in [5, 5.41) is 1.29. The van der Waals surface area contributed by atoms with Crippen molar-refractivity contribution in [1.82, 2.24) is 9.88 Å². The van der Waals surface area contributed by atoms with E-state index in [0.717, 1.165) is 5.56 Å². The lowest BCUT2D eigenvalue weighted by atomic mass is 10.0. The largest absolute Gasteiger partial charge is 0.449 e. The fraction of sp³-hybridized carbons (Fsp3) is 0.190. The van der Waals surface area contributed by atoms with Crippen LogP contribution in [0, 0.1) is 0 Å². The summed E-state index contributed by atoms with van der Waals surface area (Å²) < 4.78 is 5.40. The van der Waals surface area contributed by atoms with Crippen molar-refractivity contribution in [2.75, 3.05) is 14.1 Å². The number of hydrogen-bond donors (Lipinski definition) is 0. The Morgan fingerprint density at radius 3 is 2.41 bits per heavy atom. The second-order valence-electron chi connectivity index (χ2n) is 6.36. The van der Waals surface area contributed by atoms with Crippen molar-refractivity contribution in [3.63, 3.8) is 0 Å². The average molecular weight is 383 g/mol. The molecule has 6 heteroatoms. The Hall–Kier alpha value is -2.92. The first kappa shape index (κ1) is 18.9. The number of ether oxygens (including phenoxy) is 1. The van der Waals surface area contributed by atoms with Gasteiger partial charge >= 0.3 is 5.97 Å². The van der Waals surface area contributed by atoms with Crippen molar-refractivity contribution in [1.29, 1.82) is 0 Å². The van der Waals surface area contributed by atoms with Crippen LogP contribution < -0.4 is 0 Å². The van der Waals surface area contributed by atoms with Gasteiger partial charge in [0, 0.05) is 30.1 Å². The van der Waals surface area contributed by atoms with Gasteiger partial charge in [-0.1, -0.05) is 41.9 Å². The number of para-hydroxylation sites is 1. The Morgan fingerprint density at radius 2 is 1.74 bits per heavy atom. The maximum atomic E-state index is 12.8. The molecule has 3 rings (SSSR count). The van der Waals surface area contributed by atoms with E-state index in [-0.39, 0.29) is 5.91 Å². The maximum absolute atomic E-state index is 12.8. The molecular weight excluding hydrogens is 364 g/mol. The second kappa shape index (κ2) is 7.76. The summed E-state index contributed by atoms with van der Waals surface area (Å²) in [6.45, 7) is 1.56. The Labute approximate surface area is 162 Å². The van der Waals surface area contributed by atoms with Crippen LogP contribution in [0.4, 0.5) is 0 Å². The van der Waals surface area contributed by atoms with Crippen molar-refractivity contribution in [2.24, 2.45) is 0 Å². The molecule has 1 heterocycles. The molecule has 0 N–H and O–H groups in total. The SMILES string of the molecule is C[C@@H](OC(=O)c1cc(-c2ccc(Cl)cc2)nc2ccccc12)C(=O)N(C)C. The summed E-state index contributed by atoms with van der Waals surface area (Å²) in [5.41, 5.74) is 2.49. The van der Waals surface area contributed by atoms with E-state index in [1.54, 1.807) is 39.2 Å². The summed E-state index contributed by atoms with van der Waals surface area (Å²) in [7, 11) is 3.24. The molecule has 0 saturated carbocycles. The predicted molar refractivity (Wildman–Crippen MR) is 106 cm³/mol. The van der Waals surface area contributed by atoms with Gasteiger partial charge in [0.2, 0.25) is 0 Å². The fourth-order valence-corrected chi connectivity index (χ4v) is 2.88. The molecule has 0 saturated heterocycles. The lowest BCUT2D eigenvalue weighted by Crippen LogP contribution is -2.34. The Kier molecular flexibility index (Phi) is 5.42. The number of likely N-dealkylation sites (N-methyl/N-ethyl adjacent to an activating group) is 1. The first-order valence-corrected chi connectivity index (χ1v) is 8.82. The highest BCUT2D eigenvalue weighted by atomic mass is 35.5. The highest BCUT2D eigenvalue weighted by Gasteiger charge is 2.22. The molecule has 0 radical (unpaired) electrons. The molecule has 2 aromatic carbocycles. The molecule has 1 aromatic heterocycles. The van der Waals surface area contributed by atoms with Crippen LogP contribution in [0.1, 0.15) is 17.3 Å². The van der Waals surface area contributed by atoms with Gasteiger partial charge in [0.25, 0.3) is 5.91 Å². The highest BCUT2D eigenvalue weighted by molar-refractivity contribution is 6.30. The van der Waals surface area contributed by atoms with Gasteiger partial charge in [-0.05, 0) is 31.2 Å². The van der Waals surface area contributed by atoms with Crippen molar-refractivity contribution in [3.8, 4) is 11.3 Å². The van der Waals surface area contributed by atoms with Gasteiger partial charge in [-0.2, -0.15) is 0 Å². The van der Waals surface area contributed by atoms with E-state index < -0.39 is 12.1 Å². The molecule has 27 heavy (non-hydrogen) atoms. The zero-order valence-corrected chi connectivity index (χ0v) is 16.0. The second-order valence-corrected chi connectivity index (χ2v) is 6.80. The molecule has 1 atom stereocenters. The molecule has 1 amide bonds. The standard InChI is InChI=1S/C21H19ClN2O3/c1-13(20(25)24(2)3)27-21(26)17-12-19(14-8-10-15(22)11-9-14)23-18-7-5-4-6-16(17)18/h4-13H,1-3H3/t13-/m1/s1. The molecule has 0 aliphatic carbocycles. The van der Waals surface area contributed by atoms with Crippen LogP contribution in [0.25, 0.3) is 22.2 Å². The minimum Gasteiger partial charge on any atom is -0.449 e. The molecule has 0 fully saturated rings. The molecule has 5 nitrogen and oxygen atoms in total. The van der Waals surface area contributed by atoms with Gasteiger partial charge < -0.3 is 9.64 Å². The smallest absolute Gasteiger partial charge is 0.339 e. The number of rotatable bonds is 4. The first-order chi connectivity index (χ1) is 12.9. The normalized spacial score (nSPS) is 11.9. The number of fused-ring (bicyclic) bond motifs is 1. The summed E-state index contributed by atoms with van der Waals surface area (Å²) >= 11 is 5.96. The molecule has 0 bridgehead atoms. The van der Waals surface area contributed by atoms with Gasteiger partial charge in [-0.25, -0.2) is 9.78 Å². The highest BCUT2D eigenvalue weighted by Crippen LogP contribution is 2.26. The number of amides is 1. The van der Waals surface area contributed by atoms with Crippen LogP contribution in [0.3, 0.4) is 0 Å². The minimum absolute atomic E-state index is 0.278. The third-order valence-electron chi connectivity index (χ3n) is 4.15. The molecule has 0 aliphatic heterocycles. The topological polar surface area (TPSA) is 59.5 Å². The van der Waals surface area contributed by atoms with Crippen molar-refractivity contribution in [2.45, 2.75) is 13.0 Å². The van der Waals surface area contributed by atoms with Gasteiger partial charge in [0.1, 0.15) is 0 Å². The van der Waals surface area contributed by atoms with Crippen molar-refractivity contribution >= 4 is 34.4 Å². The molecule has 0 unspecified atom stereocenters. The first-order valence-electron chi connectivity index (χ1n) is 8.44. The zero-order valence-electron chi connectivity index (χ0n) is 15.3. The Bertz CT molecular complexity index is 1000. The number of carbonyl (C=O) groups is 2. The van der Waals surface area contributed by atoms with Gasteiger partial charge in [0.05, 0.1) is 16.8 Å². The van der Waals surface area contributed by atoms with Crippen LogP contribution in [-0.4, -0.2) is 42.0 Å². The lowest BCUT2D eigenvalue weighted by molar-refractivity contribution is -0.137. The molecular formula is C21H19ClN2O3. The van der Waals surface area contributed by atoms with Crippen LogP contribution >= 0.6 is 11.6 Å². The Balaban J connectivity index is 2.04. The van der Waals surface area contributed by atoms with Crippen LogP contribution in [0.5, 0.6) is 0 Å². The van der Waals surface area contributed by atoms with Crippen LogP contribution in [0.2, 0.25) is 5.02 Å². The van der Waals surface area contributed by atoms with Gasteiger partial charge in [-0.15, -0.1) is 0 Å². The third kappa shape index (κ3) is 4.09. The van der Waals surface area contributed by atoms with Gasteiger partial charge in [0.15, 0.2) is 6.10 Å². The van der Waals surface area contributed by atoms with E-state index in [0.29, 0.717) is 27.2 Å². The monoisotopic (exact) mass is 382 g/mol. The van der Waals surface area contributed by atoms with Crippen LogP contribution in [-0.2, 0) is 9.53 Å². The summed E-state index contributed by atoms with van der Waals surface area (Å²) in [5.74, 6) is -0.842. The minimum atomic E-state index is -0.876. The van der Waals surface area contributed by atoms with Gasteiger partial charge in [-0.3, -0.25) is 4.79 Å². The third-order valence-corrected chi connectivity index (χ3v) is 4.40. The van der Waals surface area contributed by atoms with E-state index in [4.69, 9.17) is 16.3 Å². The summed E-state index contributed by atoms with van der Waals surface area (Å²) in [6.07, 6.45) is -0.876. The lowest BCUT2D eigenvalue weighted by Gasteiger charge is -2.18. The number of halogens is 1. The number of hydrogen-bond acceptors (Lipinski definition) is 4. The quantitative estimate of drug-likeness (QED) is 0.635. The number of aromatic nitrogens is 1. The van der Waals surface area contributed by atoms with Crippen molar-refractivity contribution in [3.05, 3.63) is 65.2 Å². The Morgan fingerprint density at radius 1 is 1.07 bits per heavy atom. The number of carbonyl (C=O) groups excluding carboxylic acids is 2. The summed E-state index contributed by atoms with van der Waals surface area (Å²) in [4.78, 5) is 30.8. The maximum Gasteiger partial charge on any atom is 0.339 e. The number of pyridine rings is 1. The number of esters is 1. The molecule has 3 aromatic rings. The van der Waals surface area contributed by atoms with E-state index in [2.05, 4.69) is 4.98 Å². The molecule has 0 spiro atoms. The average Bonchev–Trinajstić information content (AvgIpc) is 2.66. The number of nitrogens with zero attached hydrogens (tertiary/aromatic N) is 2. The van der Waals surface area contributed by atoms with Crippen LogP contribution in [0.15, 0.2) is 54.6 Å². The van der Waals surface area contributed by atoms with E-state index in [9.17, 15) is 9.59 Å². The molecule has 0 aliphatic rings. The van der Waals surface area contributed by atoms with E-state index in [1.165, 1.54) is 4.90 Å². The van der Waals surface area contributed by atoms with Crippen molar-refractivity contribution < 1.29 is 14.3 Å². The molecule has 138 valence electrons. The summed E-state index contributed by atoms with van der Waals surface area (Å²) in [6, 6.07) is 16.2. The van der Waals surface area contributed by atoms with E-state index >= 15 is 0 Å². The zero-order chi connectivity index (χ0) is 19.6. The van der Waals surface area contributed by atoms with E-state index in [1.807, 2.05) is 36.4 Å². The number of benzene rings is 2. The fourth-order valence-electron chi connectivity index (χ4n) is 2.75. The predicted octanol–water partition coefficient (Wildman–Crippen LogP) is 4.19.